The first-order valence-corrected chi connectivity index (χ1v) is 11.1. The average Bonchev–Trinajstić information content (AvgIpc) is 2.76. The van der Waals surface area contributed by atoms with Crippen LogP contribution in [0.1, 0.15) is 37.4 Å². The maximum Gasteiger partial charge on any atom is 0.125 e. The van der Waals surface area contributed by atoms with E-state index in [0.29, 0.717) is 19.4 Å². The number of nitrogens with zero attached hydrogens (tertiary/aromatic N) is 2. The predicted octanol–water partition coefficient (Wildman–Crippen LogP) is 4.96. The van der Waals surface area contributed by atoms with Crippen LogP contribution in [-0.4, -0.2) is 62.9 Å². The molecule has 1 unspecified atom stereocenters. The molecule has 2 aromatic carbocycles. The van der Waals surface area contributed by atoms with Gasteiger partial charge in [-0.15, -0.1) is 0 Å². The third-order valence-electron chi connectivity index (χ3n) is 5.52. The highest BCUT2D eigenvalue weighted by molar-refractivity contribution is 5.30. The predicted molar refractivity (Wildman–Crippen MR) is 120 cm³/mol. The zero-order valence-electron chi connectivity index (χ0n) is 18.3. The van der Waals surface area contributed by atoms with Crippen LogP contribution in [0.2, 0.25) is 0 Å². The lowest BCUT2D eigenvalue weighted by Gasteiger charge is -2.28. The zero-order valence-corrected chi connectivity index (χ0v) is 18.3. The van der Waals surface area contributed by atoms with Gasteiger partial charge >= 0.3 is 0 Å². The number of halogens is 1. The number of likely N-dealkylation sites (tertiary alicyclic amines) is 1. The molecule has 2 aromatic rings. The first-order chi connectivity index (χ1) is 14.6. The number of hydrogen-bond acceptors (Lipinski definition) is 4. The number of piperidine rings is 1. The molecule has 0 bridgehead atoms. The summed E-state index contributed by atoms with van der Waals surface area (Å²) in [5, 5.41) is 0. The van der Waals surface area contributed by atoms with Gasteiger partial charge in [-0.25, -0.2) is 4.39 Å². The van der Waals surface area contributed by atoms with Crippen molar-refractivity contribution in [2.24, 2.45) is 0 Å². The summed E-state index contributed by atoms with van der Waals surface area (Å²) >= 11 is 0. The van der Waals surface area contributed by atoms with Crippen LogP contribution in [-0.2, 0) is 0 Å². The minimum Gasteiger partial charge on any atom is -0.494 e. The lowest BCUT2D eigenvalue weighted by Crippen LogP contribution is -2.35. The minimum atomic E-state index is -0.608. The molecule has 30 heavy (non-hydrogen) atoms. The molecule has 0 saturated carbocycles. The highest BCUT2D eigenvalue weighted by Gasteiger charge is 2.18. The smallest absolute Gasteiger partial charge is 0.125 e. The Morgan fingerprint density at radius 2 is 1.70 bits per heavy atom. The molecule has 4 nitrogen and oxygen atoms in total. The SMILES string of the molecule is CN(C)CCC(Oc1ccccc1)c1ccc(OCCCN2CCC(F)CC2)cc1. The van der Waals surface area contributed by atoms with Crippen molar-refractivity contribution in [3.8, 4) is 11.5 Å². The number of hydrogen-bond donors (Lipinski definition) is 0. The number of para-hydroxylation sites is 1. The Balaban J connectivity index is 1.48. The third kappa shape index (κ3) is 7.62. The van der Waals surface area contributed by atoms with Crippen molar-refractivity contribution in [2.45, 2.75) is 38.0 Å². The molecule has 0 aliphatic carbocycles. The number of alkyl halides is 1. The summed E-state index contributed by atoms with van der Waals surface area (Å²) in [4.78, 5) is 4.51. The second-order valence-corrected chi connectivity index (χ2v) is 8.30. The summed E-state index contributed by atoms with van der Waals surface area (Å²) < 4.78 is 25.4. The molecule has 1 saturated heterocycles. The van der Waals surface area contributed by atoms with Crippen molar-refractivity contribution >= 4 is 0 Å². The maximum atomic E-state index is 13.2. The number of benzene rings is 2. The van der Waals surface area contributed by atoms with E-state index in [4.69, 9.17) is 9.47 Å². The summed E-state index contributed by atoms with van der Waals surface area (Å²) in [6.07, 6.45) is 2.61. The summed E-state index contributed by atoms with van der Waals surface area (Å²) in [6.45, 7) is 4.34. The topological polar surface area (TPSA) is 24.9 Å². The highest BCUT2D eigenvalue weighted by Crippen LogP contribution is 2.26. The van der Waals surface area contributed by atoms with Gasteiger partial charge in [-0.3, -0.25) is 0 Å². The van der Waals surface area contributed by atoms with E-state index in [1.807, 2.05) is 42.5 Å². The van der Waals surface area contributed by atoms with Crippen molar-refractivity contribution in [3.05, 3.63) is 60.2 Å². The Labute approximate surface area is 180 Å². The Hall–Kier alpha value is -2.11. The van der Waals surface area contributed by atoms with E-state index in [1.54, 1.807) is 0 Å². The standard InChI is InChI=1S/C25H35FN2O2/c1-27(2)17-15-25(30-24-7-4-3-5-8-24)21-9-11-23(12-10-21)29-20-6-16-28-18-13-22(26)14-19-28/h3-5,7-12,22,25H,6,13-20H2,1-2H3. The monoisotopic (exact) mass is 414 g/mol. The number of ether oxygens (including phenoxy) is 2. The van der Waals surface area contributed by atoms with E-state index < -0.39 is 6.17 Å². The first-order valence-electron chi connectivity index (χ1n) is 11.1. The van der Waals surface area contributed by atoms with Gasteiger partial charge < -0.3 is 19.3 Å². The third-order valence-corrected chi connectivity index (χ3v) is 5.52. The van der Waals surface area contributed by atoms with Crippen molar-refractivity contribution < 1.29 is 13.9 Å². The minimum absolute atomic E-state index is 0.00211. The molecular weight excluding hydrogens is 379 g/mol. The Morgan fingerprint density at radius 1 is 1.00 bits per heavy atom. The van der Waals surface area contributed by atoms with Gasteiger partial charge in [-0.05, 0) is 63.2 Å². The largest absolute Gasteiger partial charge is 0.494 e. The van der Waals surface area contributed by atoms with Crippen molar-refractivity contribution in [3.63, 3.8) is 0 Å². The van der Waals surface area contributed by atoms with Crippen LogP contribution in [0.4, 0.5) is 4.39 Å². The molecule has 0 aromatic heterocycles. The molecule has 0 N–H and O–H groups in total. The van der Waals surface area contributed by atoms with Crippen LogP contribution in [0.3, 0.4) is 0 Å². The van der Waals surface area contributed by atoms with Crippen LogP contribution in [0.5, 0.6) is 11.5 Å². The molecule has 0 spiro atoms. The summed E-state index contributed by atoms with van der Waals surface area (Å²) in [5.74, 6) is 1.77. The fourth-order valence-corrected chi connectivity index (χ4v) is 3.71. The molecule has 1 heterocycles. The van der Waals surface area contributed by atoms with Crippen LogP contribution in [0.15, 0.2) is 54.6 Å². The van der Waals surface area contributed by atoms with Gasteiger partial charge in [-0.2, -0.15) is 0 Å². The van der Waals surface area contributed by atoms with E-state index in [2.05, 4.69) is 36.0 Å². The van der Waals surface area contributed by atoms with Crippen molar-refractivity contribution in [2.75, 3.05) is 46.9 Å². The van der Waals surface area contributed by atoms with Gasteiger partial charge in [0.25, 0.3) is 0 Å². The van der Waals surface area contributed by atoms with Crippen molar-refractivity contribution in [1.29, 1.82) is 0 Å². The fraction of sp³-hybridized carbons (Fsp3) is 0.520. The van der Waals surface area contributed by atoms with Gasteiger partial charge in [0.2, 0.25) is 0 Å². The van der Waals surface area contributed by atoms with Crippen LogP contribution in [0, 0.1) is 0 Å². The van der Waals surface area contributed by atoms with E-state index >= 15 is 0 Å². The first kappa shape index (κ1) is 22.6. The van der Waals surface area contributed by atoms with E-state index in [9.17, 15) is 4.39 Å². The molecule has 1 fully saturated rings. The lowest BCUT2D eigenvalue weighted by atomic mass is 10.1. The molecule has 0 radical (unpaired) electrons. The Bertz CT molecular complexity index is 716. The molecule has 1 aliphatic rings. The van der Waals surface area contributed by atoms with Crippen LogP contribution >= 0.6 is 0 Å². The zero-order chi connectivity index (χ0) is 21.2. The van der Waals surface area contributed by atoms with Gasteiger partial charge in [-0.1, -0.05) is 30.3 Å². The lowest BCUT2D eigenvalue weighted by molar-refractivity contribution is 0.143. The van der Waals surface area contributed by atoms with E-state index in [1.165, 1.54) is 0 Å². The molecule has 0 amide bonds. The molecule has 1 aliphatic heterocycles. The van der Waals surface area contributed by atoms with Gasteiger partial charge in [0, 0.05) is 32.6 Å². The summed E-state index contributed by atoms with van der Waals surface area (Å²) in [6, 6.07) is 18.2. The van der Waals surface area contributed by atoms with E-state index in [0.717, 1.165) is 56.1 Å². The van der Waals surface area contributed by atoms with E-state index in [-0.39, 0.29) is 6.10 Å². The molecule has 164 valence electrons. The molecule has 3 rings (SSSR count). The second kappa shape index (κ2) is 11.9. The second-order valence-electron chi connectivity index (χ2n) is 8.30. The van der Waals surface area contributed by atoms with Crippen LogP contribution in [0.25, 0.3) is 0 Å². The summed E-state index contributed by atoms with van der Waals surface area (Å²) in [7, 11) is 4.16. The summed E-state index contributed by atoms with van der Waals surface area (Å²) in [5.41, 5.74) is 1.15. The molecule has 5 heteroatoms. The Kier molecular flexibility index (Phi) is 8.97. The average molecular weight is 415 g/mol. The van der Waals surface area contributed by atoms with Crippen molar-refractivity contribution in [1.82, 2.24) is 9.80 Å². The quantitative estimate of drug-likeness (QED) is 0.485. The van der Waals surface area contributed by atoms with Gasteiger partial charge in [0.1, 0.15) is 23.8 Å². The van der Waals surface area contributed by atoms with Gasteiger partial charge in [0.15, 0.2) is 0 Å². The molecule has 1 atom stereocenters. The fourth-order valence-electron chi connectivity index (χ4n) is 3.71. The normalized spacial score (nSPS) is 16.5. The molecular formula is C25H35FN2O2. The number of rotatable bonds is 11. The van der Waals surface area contributed by atoms with Crippen LogP contribution < -0.4 is 9.47 Å². The Morgan fingerprint density at radius 3 is 2.37 bits per heavy atom. The maximum absolute atomic E-state index is 13.2. The van der Waals surface area contributed by atoms with Gasteiger partial charge in [0.05, 0.1) is 6.61 Å². The highest BCUT2D eigenvalue weighted by atomic mass is 19.1.